The first-order valence-corrected chi connectivity index (χ1v) is 11.5. The topological polar surface area (TPSA) is 60.9 Å². The number of anilines is 1. The highest BCUT2D eigenvalue weighted by molar-refractivity contribution is 7.22. The van der Waals surface area contributed by atoms with Gasteiger partial charge in [0.05, 0.1) is 22.9 Å². The highest BCUT2D eigenvalue weighted by Crippen LogP contribution is 2.37. The lowest BCUT2D eigenvalue weighted by molar-refractivity contribution is -0.131. The summed E-state index contributed by atoms with van der Waals surface area (Å²) in [6, 6.07) is 11.6. The van der Waals surface area contributed by atoms with E-state index >= 15 is 0 Å². The number of fused-ring (bicyclic) bond motifs is 2. The number of rotatable bonds is 4. The van der Waals surface area contributed by atoms with Crippen molar-refractivity contribution in [1.82, 2.24) is 4.98 Å². The molecule has 7 heteroatoms. The lowest BCUT2D eigenvalue weighted by atomic mass is 10.1. The van der Waals surface area contributed by atoms with E-state index in [2.05, 4.69) is 26.0 Å². The minimum atomic E-state index is -0.745. The quantitative estimate of drug-likeness (QED) is 0.593. The van der Waals surface area contributed by atoms with Gasteiger partial charge in [0.1, 0.15) is 6.10 Å². The van der Waals surface area contributed by atoms with Crippen LogP contribution < -0.4 is 14.4 Å². The van der Waals surface area contributed by atoms with Crippen LogP contribution in [0.2, 0.25) is 0 Å². The standard InChI is InChI=1S/C24H26N2O4S/c1-14-10-11-15(2)22-20(14)25-24(31-22)26(13-17-7-6-12-28-17)23(27)21-16(3)29-18-8-4-5-9-19(18)30-21/h4-5,8-11,16-17,21H,6-7,12-13H2,1-3H3. The molecule has 31 heavy (non-hydrogen) atoms. The molecule has 162 valence electrons. The summed E-state index contributed by atoms with van der Waals surface area (Å²) in [5.41, 5.74) is 3.21. The number of aryl methyl sites for hydroxylation is 2. The van der Waals surface area contributed by atoms with Crippen molar-refractivity contribution in [2.24, 2.45) is 0 Å². The summed E-state index contributed by atoms with van der Waals surface area (Å²) in [5.74, 6) is 1.11. The van der Waals surface area contributed by atoms with Crippen LogP contribution in [-0.4, -0.2) is 42.4 Å². The number of amides is 1. The van der Waals surface area contributed by atoms with Crippen molar-refractivity contribution in [3.63, 3.8) is 0 Å². The number of aromatic nitrogens is 1. The van der Waals surface area contributed by atoms with E-state index in [1.54, 1.807) is 16.2 Å². The van der Waals surface area contributed by atoms with Crippen LogP contribution in [0.5, 0.6) is 11.5 Å². The molecule has 0 saturated carbocycles. The van der Waals surface area contributed by atoms with E-state index in [0.717, 1.165) is 40.8 Å². The van der Waals surface area contributed by atoms with Crippen molar-refractivity contribution in [3.05, 3.63) is 47.5 Å². The Morgan fingerprint density at radius 2 is 1.87 bits per heavy atom. The van der Waals surface area contributed by atoms with E-state index in [4.69, 9.17) is 19.2 Å². The van der Waals surface area contributed by atoms with Gasteiger partial charge >= 0.3 is 0 Å². The summed E-state index contributed by atoms with van der Waals surface area (Å²) < 4.78 is 19.1. The number of hydrogen-bond acceptors (Lipinski definition) is 6. The maximum absolute atomic E-state index is 13.8. The smallest absolute Gasteiger partial charge is 0.273 e. The molecule has 2 aromatic carbocycles. The summed E-state index contributed by atoms with van der Waals surface area (Å²) in [6.07, 6.45) is 0.799. The number of ether oxygens (including phenoxy) is 3. The van der Waals surface area contributed by atoms with Crippen LogP contribution in [0.25, 0.3) is 10.2 Å². The first-order chi connectivity index (χ1) is 15.0. The monoisotopic (exact) mass is 438 g/mol. The third-order valence-corrected chi connectivity index (χ3v) is 7.14. The van der Waals surface area contributed by atoms with E-state index in [1.165, 1.54) is 0 Å². The third kappa shape index (κ3) is 3.77. The summed E-state index contributed by atoms with van der Waals surface area (Å²) in [4.78, 5) is 20.4. The number of benzene rings is 2. The van der Waals surface area contributed by atoms with Crippen molar-refractivity contribution in [1.29, 1.82) is 0 Å². The van der Waals surface area contributed by atoms with E-state index in [0.29, 0.717) is 23.2 Å². The molecule has 6 nitrogen and oxygen atoms in total. The summed E-state index contributed by atoms with van der Waals surface area (Å²) in [7, 11) is 0. The second-order valence-electron chi connectivity index (χ2n) is 8.27. The van der Waals surface area contributed by atoms with Crippen LogP contribution in [0.3, 0.4) is 0 Å². The predicted octanol–water partition coefficient (Wildman–Crippen LogP) is 4.65. The molecular formula is C24H26N2O4S. The Labute approximate surface area is 185 Å². The maximum atomic E-state index is 13.8. The van der Waals surface area contributed by atoms with Crippen LogP contribution in [-0.2, 0) is 9.53 Å². The normalized spacial score (nSPS) is 22.6. The largest absolute Gasteiger partial charge is 0.482 e. The van der Waals surface area contributed by atoms with Crippen molar-refractivity contribution in [2.75, 3.05) is 18.1 Å². The molecule has 1 fully saturated rings. The first kappa shape index (κ1) is 20.3. The van der Waals surface area contributed by atoms with Gasteiger partial charge in [-0.25, -0.2) is 4.98 Å². The number of nitrogens with zero attached hydrogens (tertiary/aromatic N) is 2. The van der Waals surface area contributed by atoms with E-state index < -0.39 is 12.2 Å². The number of carbonyl (C=O) groups excluding carboxylic acids is 1. The summed E-state index contributed by atoms with van der Waals surface area (Å²) >= 11 is 1.55. The van der Waals surface area contributed by atoms with Gasteiger partial charge in [-0.05, 0) is 56.9 Å². The second kappa shape index (κ2) is 8.13. The lowest BCUT2D eigenvalue weighted by Crippen LogP contribution is -2.52. The molecular weight excluding hydrogens is 412 g/mol. The van der Waals surface area contributed by atoms with Crippen molar-refractivity contribution < 1.29 is 19.0 Å². The van der Waals surface area contributed by atoms with Gasteiger partial charge in [-0.2, -0.15) is 0 Å². The molecule has 3 aromatic rings. The first-order valence-electron chi connectivity index (χ1n) is 10.7. The zero-order valence-corrected chi connectivity index (χ0v) is 18.8. The molecule has 3 unspecified atom stereocenters. The van der Waals surface area contributed by atoms with Crippen molar-refractivity contribution in [3.8, 4) is 11.5 Å². The molecule has 0 spiro atoms. The Kier molecular flexibility index (Phi) is 5.32. The average Bonchev–Trinajstić information content (AvgIpc) is 3.44. The molecule has 1 saturated heterocycles. The van der Waals surface area contributed by atoms with Gasteiger partial charge in [-0.1, -0.05) is 35.6 Å². The van der Waals surface area contributed by atoms with Crippen LogP contribution in [0, 0.1) is 13.8 Å². The van der Waals surface area contributed by atoms with E-state index in [1.807, 2.05) is 31.2 Å². The number of carbonyl (C=O) groups is 1. The molecule has 1 amide bonds. The minimum absolute atomic E-state index is 0.00487. The Morgan fingerprint density at radius 1 is 1.13 bits per heavy atom. The zero-order valence-electron chi connectivity index (χ0n) is 18.0. The summed E-state index contributed by atoms with van der Waals surface area (Å²) in [6.45, 7) is 7.19. The molecule has 3 atom stereocenters. The van der Waals surface area contributed by atoms with Gasteiger partial charge in [0.15, 0.2) is 16.6 Å². The molecule has 0 N–H and O–H groups in total. The molecule has 0 radical (unpaired) electrons. The van der Waals surface area contributed by atoms with Crippen LogP contribution in [0.15, 0.2) is 36.4 Å². The van der Waals surface area contributed by atoms with Gasteiger partial charge in [-0.15, -0.1) is 0 Å². The predicted molar refractivity (Wildman–Crippen MR) is 121 cm³/mol. The SMILES string of the molecule is Cc1ccc(C)c2sc(N(CC3CCCO3)C(=O)C3Oc4ccccc4OC3C)nc12. The van der Waals surface area contributed by atoms with Gasteiger partial charge in [-0.3, -0.25) is 9.69 Å². The van der Waals surface area contributed by atoms with Gasteiger partial charge < -0.3 is 14.2 Å². The average molecular weight is 439 g/mol. The Morgan fingerprint density at radius 3 is 2.58 bits per heavy atom. The van der Waals surface area contributed by atoms with Crippen LogP contribution in [0.4, 0.5) is 5.13 Å². The molecule has 5 rings (SSSR count). The fourth-order valence-corrected chi connectivity index (χ4v) is 5.29. The Balaban J connectivity index is 1.51. The van der Waals surface area contributed by atoms with Crippen molar-refractivity contribution in [2.45, 2.75) is 51.9 Å². The Bertz CT molecular complexity index is 1080. The molecule has 0 bridgehead atoms. The van der Waals surface area contributed by atoms with Crippen LogP contribution in [0.1, 0.15) is 30.9 Å². The fraction of sp³-hybridized carbons (Fsp3) is 0.417. The number of hydrogen-bond donors (Lipinski definition) is 0. The fourth-order valence-electron chi connectivity index (χ4n) is 4.16. The molecule has 2 aliphatic heterocycles. The molecule has 3 heterocycles. The maximum Gasteiger partial charge on any atom is 0.273 e. The highest BCUT2D eigenvalue weighted by atomic mass is 32.1. The Hall–Kier alpha value is -2.64. The zero-order chi connectivity index (χ0) is 21.5. The highest BCUT2D eigenvalue weighted by Gasteiger charge is 2.39. The second-order valence-corrected chi connectivity index (χ2v) is 9.24. The lowest BCUT2D eigenvalue weighted by Gasteiger charge is -2.34. The van der Waals surface area contributed by atoms with Crippen molar-refractivity contribution >= 4 is 32.6 Å². The minimum Gasteiger partial charge on any atom is -0.482 e. The number of thiazole rings is 1. The molecule has 0 aliphatic carbocycles. The van der Waals surface area contributed by atoms with Gasteiger partial charge in [0, 0.05) is 6.61 Å². The van der Waals surface area contributed by atoms with E-state index in [-0.39, 0.29) is 12.0 Å². The van der Waals surface area contributed by atoms with E-state index in [9.17, 15) is 4.79 Å². The number of para-hydroxylation sites is 2. The van der Waals surface area contributed by atoms with Gasteiger partial charge in [0.25, 0.3) is 5.91 Å². The van der Waals surface area contributed by atoms with Gasteiger partial charge in [0.2, 0.25) is 6.10 Å². The molecule has 1 aromatic heterocycles. The molecule has 2 aliphatic rings. The summed E-state index contributed by atoms with van der Waals surface area (Å²) in [5, 5.41) is 0.683. The van der Waals surface area contributed by atoms with Crippen LogP contribution >= 0.6 is 11.3 Å². The third-order valence-electron chi connectivity index (χ3n) is 5.92.